The summed E-state index contributed by atoms with van der Waals surface area (Å²) in [7, 11) is 0. The van der Waals surface area contributed by atoms with Crippen LogP contribution in [0.25, 0.3) is 0 Å². The van der Waals surface area contributed by atoms with E-state index in [2.05, 4.69) is 0 Å². The molecule has 82 valence electrons. The predicted molar refractivity (Wildman–Crippen MR) is 51.1 cm³/mol. The molecular weight excluding hydrogens is 254 g/mol. The first-order valence-corrected chi connectivity index (χ1v) is 4.39. The molecule has 7 heteroatoms. The molecule has 0 heterocycles. The van der Waals surface area contributed by atoms with Crippen LogP contribution >= 0.6 is 23.2 Å². The van der Waals surface area contributed by atoms with E-state index in [0.29, 0.717) is 0 Å². The molecule has 1 aromatic carbocycles. The Morgan fingerprint density at radius 1 is 1.20 bits per heavy atom. The molecule has 1 amide bonds. The van der Waals surface area contributed by atoms with E-state index >= 15 is 0 Å². The fraction of sp³-hybridized carbons (Fsp3) is 0.125. The van der Waals surface area contributed by atoms with E-state index in [9.17, 15) is 18.0 Å². The summed E-state index contributed by atoms with van der Waals surface area (Å²) in [6, 6.07) is 3.64. The lowest BCUT2D eigenvalue weighted by molar-refractivity contribution is -0.167. The largest absolute Gasteiger partial charge is 0.471 e. The maximum Gasteiger partial charge on any atom is 0.471 e. The van der Waals surface area contributed by atoms with Crippen molar-refractivity contribution in [3.05, 3.63) is 28.2 Å². The van der Waals surface area contributed by atoms with Gasteiger partial charge in [-0.3, -0.25) is 4.79 Å². The maximum atomic E-state index is 11.8. The molecule has 15 heavy (non-hydrogen) atoms. The van der Waals surface area contributed by atoms with Crippen LogP contribution in [-0.4, -0.2) is 12.1 Å². The van der Waals surface area contributed by atoms with Gasteiger partial charge in [-0.15, -0.1) is 0 Å². The lowest BCUT2D eigenvalue weighted by Crippen LogP contribution is -2.29. The molecule has 0 spiro atoms. The Labute approximate surface area is 93.0 Å². The first-order valence-electron chi connectivity index (χ1n) is 3.64. The molecule has 0 saturated heterocycles. The third-order valence-electron chi connectivity index (χ3n) is 1.43. The molecule has 0 aliphatic heterocycles. The molecule has 1 N–H and O–H groups in total. The summed E-state index contributed by atoms with van der Waals surface area (Å²) >= 11 is 11.1. The van der Waals surface area contributed by atoms with Gasteiger partial charge in [-0.25, -0.2) is 0 Å². The van der Waals surface area contributed by atoms with Crippen LogP contribution in [0.5, 0.6) is 0 Å². The number of carbonyl (C=O) groups is 1. The number of benzene rings is 1. The van der Waals surface area contributed by atoms with Crippen LogP contribution in [0.1, 0.15) is 0 Å². The van der Waals surface area contributed by atoms with Gasteiger partial charge >= 0.3 is 12.1 Å². The van der Waals surface area contributed by atoms with Crippen molar-refractivity contribution in [2.45, 2.75) is 6.18 Å². The SMILES string of the molecule is O=C(Nc1ccc(Cl)c(Cl)c1)C(F)(F)F. The van der Waals surface area contributed by atoms with Gasteiger partial charge in [-0.1, -0.05) is 23.2 Å². The standard InChI is InChI=1S/C8H4Cl2F3NO/c9-5-2-1-4(3-6(5)10)14-7(15)8(11,12)13/h1-3H,(H,14,15). The van der Waals surface area contributed by atoms with Crippen molar-refractivity contribution in [2.75, 3.05) is 5.32 Å². The van der Waals surface area contributed by atoms with E-state index < -0.39 is 12.1 Å². The van der Waals surface area contributed by atoms with Gasteiger partial charge < -0.3 is 5.32 Å². The van der Waals surface area contributed by atoms with Gasteiger partial charge in [0, 0.05) is 5.69 Å². The van der Waals surface area contributed by atoms with Gasteiger partial charge in [-0.05, 0) is 18.2 Å². The number of rotatable bonds is 1. The molecular formula is C8H4Cl2F3NO. The number of anilines is 1. The summed E-state index contributed by atoms with van der Waals surface area (Å²) < 4.78 is 35.5. The monoisotopic (exact) mass is 257 g/mol. The minimum atomic E-state index is -4.92. The minimum absolute atomic E-state index is 0.0632. The summed E-state index contributed by atoms with van der Waals surface area (Å²) in [5.74, 6) is -2.05. The highest BCUT2D eigenvalue weighted by atomic mass is 35.5. The first kappa shape index (κ1) is 12.1. The van der Waals surface area contributed by atoms with Crippen LogP contribution in [0, 0.1) is 0 Å². The molecule has 0 atom stereocenters. The van der Waals surface area contributed by atoms with E-state index in [4.69, 9.17) is 23.2 Å². The van der Waals surface area contributed by atoms with Crippen molar-refractivity contribution in [2.24, 2.45) is 0 Å². The summed E-state index contributed by atoms with van der Waals surface area (Å²) in [6.07, 6.45) is -4.92. The van der Waals surface area contributed by atoms with Gasteiger partial charge in [0.2, 0.25) is 0 Å². The second kappa shape index (κ2) is 4.28. The lowest BCUT2D eigenvalue weighted by atomic mass is 10.3. The van der Waals surface area contributed by atoms with Crippen molar-refractivity contribution >= 4 is 34.8 Å². The molecule has 1 aromatic rings. The molecule has 0 aromatic heterocycles. The fourth-order valence-corrected chi connectivity index (χ4v) is 1.07. The normalized spacial score (nSPS) is 11.3. The minimum Gasteiger partial charge on any atom is -0.318 e. The highest BCUT2D eigenvalue weighted by Gasteiger charge is 2.38. The maximum absolute atomic E-state index is 11.8. The number of hydrogen-bond acceptors (Lipinski definition) is 1. The van der Waals surface area contributed by atoms with E-state index in [1.54, 1.807) is 5.32 Å². The van der Waals surface area contributed by atoms with Gasteiger partial charge in [0.25, 0.3) is 0 Å². The van der Waals surface area contributed by atoms with Crippen LogP contribution in [0.3, 0.4) is 0 Å². The number of carbonyl (C=O) groups excluding carboxylic acids is 1. The highest BCUT2D eigenvalue weighted by molar-refractivity contribution is 6.42. The molecule has 0 aliphatic carbocycles. The Bertz CT molecular complexity index is 392. The van der Waals surface area contributed by atoms with E-state index in [0.717, 1.165) is 6.07 Å². The van der Waals surface area contributed by atoms with Crippen LogP contribution in [-0.2, 0) is 4.79 Å². The summed E-state index contributed by atoms with van der Waals surface area (Å²) in [6.45, 7) is 0. The van der Waals surface area contributed by atoms with Gasteiger partial charge in [0.15, 0.2) is 0 Å². The Kier molecular flexibility index (Phi) is 3.46. The van der Waals surface area contributed by atoms with Crippen molar-refractivity contribution in [1.29, 1.82) is 0 Å². The van der Waals surface area contributed by atoms with E-state index in [-0.39, 0.29) is 15.7 Å². The Balaban J connectivity index is 2.83. The molecule has 1 rings (SSSR count). The molecule has 0 unspecified atom stereocenters. The zero-order valence-corrected chi connectivity index (χ0v) is 8.54. The molecule has 0 bridgehead atoms. The summed E-state index contributed by atoms with van der Waals surface area (Å²) in [4.78, 5) is 10.5. The Morgan fingerprint density at radius 2 is 1.80 bits per heavy atom. The van der Waals surface area contributed by atoms with Crippen molar-refractivity contribution in [1.82, 2.24) is 0 Å². The smallest absolute Gasteiger partial charge is 0.318 e. The van der Waals surface area contributed by atoms with Gasteiger partial charge in [0.1, 0.15) is 0 Å². The van der Waals surface area contributed by atoms with Crippen LogP contribution in [0.4, 0.5) is 18.9 Å². The second-order valence-electron chi connectivity index (χ2n) is 2.58. The number of halogens is 5. The van der Waals surface area contributed by atoms with Crippen molar-refractivity contribution < 1.29 is 18.0 Å². The summed E-state index contributed by atoms with van der Waals surface area (Å²) in [5.41, 5.74) is -0.0632. The third-order valence-corrected chi connectivity index (χ3v) is 2.17. The van der Waals surface area contributed by atoms with Gasteiger partial charge in [0.05, 0.1) is 10.0 Å². The Morgan fingerprint density at radius 3 is 2.27 bits per heavy atom. The summed E-state index contributed by atoms with van der Waals surface area (Å²) in [5, 5.41) is 1.91. The number of alkyl halides is 3. The van der Waals surface area contributed by atoms with Crippen molar-refractivity contribution in [3.63, 3.8) is 0 Å². The average Bonchev–Trinajstić information content (AvgIpc) is 2.10. The zero-order valence-electron chi connectivity index (χ0n) is 7.03. The van der Waals surface area contributed by atoms with E-state index in [1.165, 1.54) is 12.1 Å². The topological polar surface area (TPSA) is 29.1 Å². The number of nitrogens with one attached hydrogen (secondary N) is 1. The molecule has 0 aliphatic rings. The fourth-order valence-electron chi connectivity index (χ4n) is 0.776. The third kappa shape index (κ3) is 3.28. The Hall–Kier alpha value is -0.940. The lowest BCUT2D eigenvalue weighted by Gasteiger charge is -2.08. The highest BCUT2D eigenvalue weighted by Crippen LogP contribution is 2.26. The number of amides is 1. The van der Waals surface area contributed by atoms with Crippen molar-refractivity contribution in [3.8, 4) is 0 Å². The molecule has 0 saturated carbocycles. The average molecular weight is 258 g/mol. The van der Waals surface area contributed by atoms with Crippen LogP contribution < -0.4 is 5.32 Å². The molecule has 0 fully saturated rings. The number of hydrogen-bond donors (Lipinski definition) is 1. The first-order chi connectivity index (χ1) is 6.80. The van der Waals surface area contributed by atoms with Crippen LogP contribution in [0.15, 0.2) is 18.2 Å². The second-order valence-corrected chi connectivity index (χ2v) is 3.40. The molecule has 0 radical (unpaired) electrons. The van der Waals surface area contributed by atoms with E-state index in [1.807, 2.05) is 0 Å². The predicted octanol–water partition coefficient (Wildman–Crippen LogP) is 3.49. The zero-order chi connectivity index (χ0) is 11.6. The quantitative estimate of drug-likeness (QED) is 0.820. The van der Waals surface area contributed by atoms with Crippen LogP contribution in [0.2, 0.25) is 10.0 Å². The van der Waals surface area contributed by atoms with Gasteiger partial charge in [-0.2, -0.15) is 13.2 Å². The molecule has 2 nitrogen and oxygen atoms in total.